The average molecular weight is 274 g/mol. The molecular formula is C12H12F2O3S. The quantitative estimate of drug-likeness (QED) is 0.789. The van der Waals surface area contributed by atoms with Crippen molar-refractivity contribution in [3.63, 3.8) is 0 Å². The first-order chi connectivity index (χ1) is 8.54. The van der Waals surface area contributed by atoms with Crippen LogP contribution in [0.25, 0.3) is 0 Å². The lowest BCUT2D eigenvalue weighted by Gasteiger charge is -2.13. The lowest BCUT2D eigenvalue weighted by atomic mass is 10.3. The molecular weight excluding hydrogens is 262 g/mol. The molecule has 18 heavy (non-hydrogen) atoms. The third kappa shape index (κ3) is 2.58. The van der Waals surface area contributed by atoms with Gasteiger partial charge in [-0.25, -0.2) is 8.78 Å². The van der Waals surface area contributed by atoms with Crippen LogP contribution in [0.5, 0.6) is 0 Å². The zero-order valence-corrected chi connectivity index (χ0v) is 10.5. The molecule has 0 heterocycles. The Morgan fingerprint density at radius 1 is 1.39 bits per heavy atom. The van der Waals surface area contributed by atoms with Gasteiger partial charge >= 0.3 is 5.97 Å². The number of esters is 1. The summed E-state index contributed by atoms with van der Waals surface area (Å²) in [7, 11) is -0.496. The van der Waals surface area contributed by atoms with Gasteiger partial charge in [0, 0.05) is 4.90 Å². The first-order valence-corrected chi connectivity index (χ1v) is 6.69. The zero-order chi connectivity index (χ0) is 13.3. The number of benzene rings is 1. The average Bonchev–Trinajstić information content (AvgIpc) is 3.17. The molecule has 1 aromatic rings. The highest BCUT2D eigenvalue weighted by molar-refractivity contribution is 7.86. The van der Waals surface area contributed by atoms with Crippen LogP contribution in [0.4, 0.5) is 8.78 Å². The van der Waals surface area contributed by atoms with Gasteiger partial charge in [-0.05, 0) is 37.0 Å². The van der Waals surface area contributed by atoms with Gasteiger partial charge in [-0.1, -0.05) is 0 Å². The molecule has 1 saturated carbocycles. The molecule has 0 spiro atoms. The van der Waals surface area contributed by atoms with Gasteiger partial charge in [0.2, 0.25) is 0 Å². The van der Waals surface area contributed by atoms with Crippen molar-refractivity contribution in [3.05, 3.63) is 29.8 Å². The van der Waals surface area contributed by atoms with Crippen LogP contribution >= 0.6 is 0 Å². The van der Waals surface area contributed by atoms with Crippen molar-refractivity contribution in [3.8, 4) is 0 Å². The summed E-state index contributed by atoms with van der Waals surface area (Å²) >= 11 is 0. The molecule has 0 radical (unpaired) electrons. The van der Waals surface area contributed by atoms with E-state index in [2.05, 4.69) is 4.74 Å². The minimum Gasteiger partial charge on any atom is -0.468 e. The summed E-state index contributed by atoms with van der Waals surface area (Å²) in [6.07, 6.45) is 1.60. The highest BCUT2D eigenvalue weighted by Gasteiger charge is 2.41. The largest absolute Gasteiger partial charge is 0.468 e. The van der Waals surface area contributed by atoms with Crippen LogP contribution in [0, 0.1) is 17.6 Å². The van der Waals surface area contributed by atoms with E-state index < -0.39 is 33.7 Å². The fourth-order valence-corrected chi connectivity index (χ4v) is 3.33. The third-order valence-electron chi connectivity index (χ3n) is 2.84. The second-order valence-electron chi connectivity index (χ2n) is 4.15. The van der Waals surface area contributed by atoms with Gasteiger partial charge in [0.05, 0.1) is 17.9 Å². The lowest BCUT2D eigenvalue weighted by Crippen LogP contribution is -2.29. The van der Waals surface area contributed by atoms with Crippen LogP contribution in [0.15, 0.2) is 23.1 Å². The molecule has 0 aliphatic heterocycles. The first-order valence-electron chi connectivity index (χ1n) is 5.48. The summed E-state index contributed by atoms with van der Waals surface area (Å²) in [5.41, 5.74) is 0. The molecule has 1 aliphatic rings. The van der Waals surface area contributed by atoms with Crippen LogP contribution < -0.4 is 0 Å². The predicted octanol–water partition coefficient (Wildman–Crippen LogP) is 2.02. The van der Waals surface area contributed by atoms with Gasteiger partial charge in [-0.3, -0.25) is 9.00 Å². The second-order valence-corrected chi connectivity index (χ2v) is 5.73. The zero-order valence-electron chi connectivity index (χ0n) is 9.69. The van der Waals surface area contributed by atoms with Gasteiger partial charge < -0.3 is 4.74 Å². The molecule has 1 aliphatic carbocycles. The first kappa shape index (κ1) is 13.1. The van der Waals surface area contributed by atoms with Crippen LogP contribution in [0.3, 0.4) is 0 Å². The van der Waals surface area contributed by atoms with Crippen molar-refractivity contribution in [2.24, 2.45) is 5.92 Å². The molecule has 0 amide bonds. The normalized spacial score (nSPS) is 18.2. The van der Waals surface area contributed by atoms with E-state index in [1.807, 2.05) is 0 Å². The molecule has 1 fully saturated rings. The van der Waals surface area contributed by atoms with E-state index in [0.717, 1.165) is 25.0 Å². The van der Waals surface area contributed by atoms with E-state index in [1.54, 1.807) is 0 Å². The molecule has 2 unspecified atom stereocenters. The number of carbonyl (C=O) groups is 1. The van der Waals surface area contributed by atoms with E-state index in [4.69, 9.17) is 0 Å². The molecule has 3 nitrogen and oxygen atoms in total. The van der Waals surface area contributed by atoms with Crippen LogP contribution in [-0.2, 0) is 20.3 Å². The van der Waals surface area contributed by atoms with Crippen molar-refractivity contribution >= 4 is 16.8 Å². The van der Waals surface area contributed by atoms with Gasteiger partial charge in [0.1, 0.15) is 5.25 Å². The molecule has 0 bridgehead atoms. The molecule has 0 saturated heterocycles. The summed E-state index contributed by atoms with van der Waals surface area (Å²) in [4.78, 5) is 11.7. The van der Waals surface area contributed by atoms with Gasteiger partial charge in [-0.15, -0.1) is 0 Å². The highest BCUT2D eigenvalue weighted by Crippen LogP contribution is 2.37. The van der Waals surface area contributed by atoms with Crippen LogP contribution in [-0.4, -0.2) is 22.5 Å². The summed E-state index contributed by atoms with van der Waals surface area (Å²) in [5.74, 6) is -2.64. The standard InChI is InChI=1S/C12H12F2O3S/c1-17-12(15)11(7-2-3-7)18(16)8-4-5-9(13)10(14)6-8/h4-7,11H,2-3H2,1H3. The molecule has 98 valence electrons. The van der Waals surface area contributed by atoms with Gasteiger partial charge in [0.15, 0.2) is 11.6 Å². The summed E-state index contributed by atoms with van der Waals surface area (Å²) in [5, 5.41) is -0.792. The van der Waals surface area contributed by atoms with E-state index in [1.165, 1.54) is 13.2 Å². The topological polar surface area (TPSA) is 43.4 Å². The summed E-state index contributed by atoms with van der Waals surface area (Å²) in [6, 6.07) is 3.00. The number of halogens is 2. The van der Waals surface area contributed by atoms with Gasteiger partial charge in [0.25, 0.3) is 0 Å². The minimum absolute atomic E-state index is 0.00592. The Bertz CT molecular complexity index is 500. The molecule has 1 aromatic carbocycles. The Morgan fingerprint density at radius 2 is 2.06 bits per heavy atom. The van der Waals surface area contributed by atoms with Gasteiger partial charge in [-0.2, -0.15) is 0 Å². The van der Waals surface area contributed by atoms with Crippen molar-refractivity contribution < 1.29 is 22.5 Å². The number of hydrogen-bond acceptors (Lipinski definition) is 3. The maximum atomic E-state index is 13.1. The minimum atomic E-state index is -1.72. The van der Waals surface area contributed by atoms with E-state index >= 15 is 0 Å². The number of carbonyl (C=O) groups excluding carboxylic acids is 1. The van der Waals surface area contributed by atoms with Crippen LogP contribution in [0.2, 0.25) is 0 Å². The Hall–Kier alpha value is -1.30. The number of ether oxygens (including phenoxy) is 1. The van der Waals surface area contributed by atoms with E-state index in [9.17, 15) is 17.8 Å². The molecule has 2 rings (SSSR count). The molecule has 0 N–H and O–H groups in total. The SMILES string of the molecule is COC(=O)C(C1CC1)S(=O)c1ccc(F)c(F)c1. The Kier molecular flexibility index (Phi) is 3.75. The molecule has 0 aromatic heterocycles. The Balaban J connectivity index is 2.27. The third-order valence-corrected chi connectivity index (χ3v) is 4.59. The van der Waals surface area contributed by atoms with Crippen LogP contribution in [0.1, 0.15) is 12.8 Å². The lowest BCUT2D eigenvalue weighted by molar-refractivity contribution is -0.140. The van der Waals surface area contributed by atoms with E-state index in [0.29, 0.717) is 0 Å². The predicted molar refractivity (Wildman–Crippen MR) is 61.3 cm³/mol. The Morgan fingerprint density at radius 3 is 2.56 bits per heavy atom. The Labute approximate surface area is 106 Å². The fourth-order valence-electron chi connectivity index (χ4n) is 1.72. The second kappa shape index (κ2) is 5.14. The van der Waals surface area contributed by atoms with E-state index in [-0.39, 0.29) is 10.8 Å². The summed E-state index contributed by atoms with van der Waals surface area (Å²) in [6.45, 7) is 0. The van der Waals surface area contributed by atoms with Crippen molar-refractivity contribution in [2.75, 3.05) is 7.11 Å². The summed E-state index contributed by atoms with van der Waals surface area (Å²) < 4.78 is 42.7. The maximum absolute atomic E-state index is 13.1. The number of methoxy groups -OCH3 is 1. The maximum Gasteiger partial charge on any atom is 0.322 e. The van der Waals surface area contributed by atoms with Crippen molar-refractivity contribution in [2.45, 2.75) is 23.0 Å². The molecule has 2 atom stereocenters. The smallest absolute Gasteiger partial charge is 0.322 e. The fraction of sp³-hybridized carbons (Fsp3) is 0.417. The molecule has 6 heteroatoms. The number of hydrogen-bond donors (Lipinski definition) is 0. The van der Waals surface area contributed by atoms with Crippen molar-refractivity contribution in [1.82, 2.24) is 0 Å². The highest BCUT2D eigenvalue weighted by atomic mass is 32.2. The number of rotatable bonds is 4. The monoisotopic (exact) mass is 274 g/mol. The van der Waals surface area contributed by atoms with Crippen molar-refractivity contribution in [1.29, 1.82) is 0 Å².